The molecule has 0 aliphatic carbocycles. The van der Waals surface area contributed by atoms with E-state index in [1.807, 2.05) is 19.9 Å². The molecule has 11 heteroatoms. The average molecular weight is 451 g/mol. The second-order valence-electron chi connectivity index (χ2n) is 7.15. The van der Waals surface area contributed by atoms with Gasteiger partial charge in [0.25, 0.3) is 5.89 Å². The average Bonchev–Trinajstić information content (AvgIpc) is 3.37. The van der Waals surface area contributed by atoms with Crippen LogP contribution in [0.25, 0.3) is 33.7 Å². The van der Waals surface area contributed by atoms with Crippen molar-refractivity contribution in [3.05, 3.63) is 47.6 Å². The van der Waals surface area contributed by atoms with Gasteiger partial charge < -0.3 is 19.5 Å². The van der Waals surface area contributed by atoms with E-state index in [1.54, 1.807) is 36.5 Å². The number of hydrogen-bond acceptors (Lipinski definition) is 7. The summed E-state index contributed by atoms with van der Waals surface area (Å²) in [6.45, 7) is 3.66. The molecule has 1 atom stereocenters. The molecule has 2 heterocycles. The minimum atomic E-state index is -1.56. The Labute approximate surface area is 200 Å². The molecule has 0 bridgehead atoms. The normalized spacial score (nSPS) is 12.0. The molecule has 2 aromatic carbocycles. The van der Waals surface area contributed by atoms with E-state index in [1.165, 1.54) is 4.68 Å². The number of fused-ring (bicyclic) bond motifs is 1. The van der Waals surface area contributed by atoms with E-state index >= 15 is 0 Å². The molecule has 32 heavy (non-hydrogen) atoms. The molecule has 2 N–H and O–H groups in total. The third-order valence-electron chi connectivity index (χ3n) is 4.53. The van der Waals surface area contributed by atoms with Crippen molar-refractivity contribution in [3.63, 3.8) is 0 Å². The van der Waals surface area contributed by atoms with Crippen LogP contribution in [0, 0.1) is 0 Å². The zero-order chi connectivity index (χ0) is 22.1. The summed E-state index contributed by atoms with van der Waals surface area (Å²) in [6, 6.07) is 10.6. The number of carboxylic acids is 1. The van der Waals surface area contributed by atoms with Crippen molar-refractivity contribution < 1.29 is 24.3 Å². The van der Waals surface area contributed by atoms with Crippen molar-refractivity contribution in [3.8, 4) is 28.6 Å². The standard InChI is InChI=1S/C21H19ClN4O5.Li.H/c1-11(2)30-18-7-6-12(8-15(18)22)20-24-19(25-31-20)13-4-3-5-16-14(13)9-23-26(16)10-17(27)21(28)29;;/h3-9,11,17,27H,10H2,1-2H3,(H,28,29);;. The number of carboxylic acid groups (broad SMARTS) is 1. The SMILES string of the molecule is CC(C)Oc1ccc(-c2nc(-c3cccc4c3cnn4CC(O)C(=O)O)no2)cc1Cl.[LiH]. The van der Waals surface area contributed by atoms with Crippen LogP contribution in [0.15, 0.2) is 47.1 Å². The van der Waals surface area contributed by atoms with Gasteiger partial charge in [-0.25, -0.2) is 4.79 Å². The second kappa shape index (κ2) is 9.75. The number of rotatable bonds is 7. The molecule has 0 amide bonds. The van der Waals surface area contributed by atoms with Crippen molar-refractivity contribution in [2.45, 2.75) is 32.6 Å². The zero-order valence-corrected chi connectivity index (χ0v) is 17.4. The summed E-state index contributed by atoms with van der Waals surface area (Å²) < 4.78 is 12.5. The summed E-state index contributed by atoms with van der Waals surface area (Å²) in [6.07, 6.45) is 0.0109. The van der Waals surface area contributed by atoms with Gasteiger partial charge in [-0.1, -0.05) is 28.9 Å². The van der Waals surface area contributed by atoms with Gasteiger partial charge in [-0.3, -0.25) is 4.68 Å². The molecule has 9 nitrogen and oxygen atoms in total. The molecule has 4 rings (SSSR count). The fraction of sp³-hybridized carbons (Fsp3) is 0.238. The zero-order valence-electron chi connectivity index (χ0n) is 16.7. The van der Waals surface area contributed by atoms with Gasteiger partial charge in [0.1, 0.15) is 5.75 Å². The molecule has 1 unspecified atom stereocenters. The first kappa shape index (κ1) is 23.8. The molecular formula is C21H20ClLiN4O5. The van der Waals surface area contributed by atoms with Gasteiger partial charge in [0.15, 0.2) is 6.10 Å². The van der Waals surface area contributed by atoms with Crippen molar-refractivity contribution in [2.75, 3.05) is 0 Å². The summed E-state index contributed by atoms with van der Waals surface area (Å²) in [5, 5.41) is 28.0. The van der Waals surface area contributed by atoms with Gasteiger partial charge in [0.2, 0.25) is 5.82 Å². The van der Waals surface area contributed by atoms with Gasteiger partial charge in [0.05, 0.1) is 29.4 Å². The maximum atomic E-state index is 10.9. The van der Waals surface area contributed by atoms with Gasteiger partial charge >= 0.3 is 24.8 Å². The van der Waals surface area contributed by atoms with E-state index in [0.29, 0.717) is 44.5 Å². The van der Waals surface area contributed by atoms with E-state index < -0.39 is 12.1 Å². The van der Waals surface area contributed by atoms with E-state index in [9.17, 15) is 9.90 Å². The molecule has 0 aliphatic rings. The van der Waals surface area contributed by atoms with Gasteiger partial charge in [-0.15, -0.1) is 0 Å². The van der Waals surface area contributed by atoms with E-state index in [2.05, 4.69) is 15.2 Å². The Morgan fingerprint density at radius 1 is 1.28 bits per heavy atom. The Balaban J connectivity index is 0.00000289. The van der Waals surface area contributed by atoms with Crippen molar-refractivity contribution in [1.29, 1.82) is 0 Å². The number of aromatic nitrogens is 4. The van der Waals surface area contributed by atoms with Crippen LogP contribution < -0.4 is 4.74 Å². The molecule has 4 aromatic rings. The number of aliphatic carboxylic acids is 1. The number of aliphatic hydroxyl groups excluding tert-OH is 1. The van der Waals surface area contributed by atoms with Crippen LogP contribution in [0.1, 0.15) is 13.8 Å². The van der Waals surface area contributed by atoms with Crippen LogP contribution in [-0.4, -0.2) is 67.2 Å². The first-order chi connectivity index (χ1) is 14.8. The van der Waals surface area contributed by atoms with Crippen molar-refractivity contribution >= 4 is 47.3 Å². The van der Waals surface area contributed by atoms with E-state index in [4.69, 9.17) is 26.0 Å². The number of ether oxygens (including phenoxy) is 1. The first-order valence-electron chi connectivity index (χ1n) is 9.49. The third kappa shape index (κ3) is 4.81. The number of halogens is 1. The fourth-order valence-corrected chi connectivity index (χ4v) is 3.34. The summed E-state index contributed by atoms with van der Waals surface area (Å²) in [4.78, 5) is 15.4. The summed E-state index contributed by atoms with van der Waals surface area (Å²) in [5.41, 5.74) is 1.95. The predicted molar refractivity (Wildman–Crippen MR) is 120 cm³/mol. The predicted octanol–water partition coefficient (Wildman–Crippen LogP) is 2.99. The Hall–Kier alpha value is -2.83. The first-order valence-corrected chi connectivity index (χ1v) is 9.87. The number of carbonyl (C=O) groups is 1. The summed E-state index contributed by atoms with van der Waals surface area (Å²) in [5.74, 6) is -0.108. The fourth-order valence-electron chi connectivity index (χ4n) is 3.12. The quantitative estimate of drug-likeness (QED) is 0.412. The molecule has 0 saturated carbocycles. The van der Waals surface area contributed by atoms with Gasteiger partial charge in [-0.05, 0) is 38.1 Å². The van der Waals surface area contributed by atoms with Crippen LogP contribution in [-0.2, 0) is 11.3 Å². The molecule has 0 fully saturated rings. The maximum absolute atomic E-state index is 10.9. The number of nitrogens with zero attached hydrogens (tertiary/aromatic N) is 4. The Morgan fingerprint density at radius 3 is 2.75 bits per heavy atom. The molecule has 0 spiro atoms. The van der Waals surface area contributed by atoms with Gasteiger partial charge in [0, 0.05) is 16.5 Å². The molecule has 0 radical (unpaired) electrons. The second-order valence-corrected chi connectivity index (χ2v) is 7.56. The molecular weight excluding hydrogens is 431 g/mol. The topological polar surface area (TPSA) is 124 Å². The van der Waals surface area contributed by atoms with Crippen LogP contribution in [0.2, 0.25) is 5.02 Å². The molecule has 2 aromatic heterocycles. The van der Waals surface area contributed by atoms with Crippen LogP contribution in [0.4, 0.5) is 0 Å². The van der Waals surface area contributed by atoms with Crippen LogP contribution in [0.3, 0.4) is 0 Å². The third-order valence-corrected chi connectivity index (χ3v) is 4.82. The Bertz CT molecular complexity index is 1260. The number of hydrogen-bond donors (Lipinski definition) is 2. The minimum absolute atomic E-state index is 0. The van der Waals surface area contributed by atoms with E-state index in [-0.39, 0.29) is 31.5 Å². The molecule has 0 aliphatic heterocycles. The Morgan fingerprint density at radius 2 is 2.06 bits per heavy atom. The molecule has 0 saturated heterocycles. The number of aliphatic hydroxyl groups is 1. The van der Waals surface area contributed by atoms with Crippen molar-refractivity contribution in [1.82, 2.24) is 19.9 Å². The van der Waals surface area contributed by atoms with Crippen LogP contribution in [0.5, 0.6) is 5.75 Å². The van der Waals surface area contributed by atoms with Crippen molar-refractivity contribution in [2.24, 2.45) is 0 Å². The van der Waals surface area contributed by atoms with Crippen LogP contribution >= 0.6 is 11.6 Å². The number of benzene rings is 2. The molecule has 162 valence electrons. The Kier molecular flexibility index (Phi) is 7.26. The van der Waals surface area contributed by atoms with Gasteiger partial charge in [-0.2, -0.15) is 10.1 Å². The monoisotopic (exact) mass is 450 g/mol. The summed E-state index contributed by atoms with van der Waals surface area (Å²) in [7, 11) is 0. The van der Waals surface area contributed by atoms with E-state index in [0.717, 1.165) is 0 Å². The summed E-state index contributed by atoms with van der Waals surface area (Å²) >= 11 is 6.30.